The van der Waals surface area contributed by atoms with Crippen molar-refractivity contribution in [2.45, 2.75) is 20.0 Å². The van der Waals surface area contributed by atoms with Gasteiger partial charge < -0.3 is 11.5 Å². The van der Waals surface area contributed by atoms with Gasteiger partial charge in [-0.15, -0.1) is 0 Å². The Morgan fingerprint density at radius 1 is 1.77 bits per heavy atom. The normalized spacial score (nSPS) is 12.8. The van der Waals surface area contributed by atoms with E-state index in [-0.39, 0.29) is 11.8 Å². The van der Waals surface area contributed by atoms with E-state index >= 15 is 0 Å². The van der Waals surface area contributed by atoms with E-state index in [9.17, 15) is 4.79 Å². The van der Waals surface area contributed by atoms with Crippen molar-refractivity contribution in [1.82, 2.24) is 14.8 Å². The second kappa shape index (κ2) is 3.99. The number of hydrogen-bond donors (Lipinski definition) is 2. The molecule has 13 heavy (non-hydrogen) atoms. The zero-order valence-corrected chi connectivity index (χ0v) is 7.47. The van der Waals surface area contributed by atoms with E-state index in [1.54, 1.807) is 17.9 Å². The third kappa shape index (κ3) is 2.51. The number of carbonyl (C=O) groups excluding carboxylic acids is 1. The molecule has 0 radical (unpaired) electrons. The maximum atomic E-state index is 10.7. The zero-order chi connectivity index (χ0) is 9.84. The molecular weight excluding hydrogens is 170 g/mol. The molecule has 1 rings (SSSR count). The average molecular weight is 183 g/mol. The summed E-state index contributed by atoms with van der Waals surface area (Å²) in [6.45, 7) is 2.49. The standard InChI is InChI=1S/C7H13N5O/c1-5(7(9)13)3-12-4-10-6(2-8)11-12/h4-5H,2-3,8H2,1H3,(H2,9,13). The van der Waals surface area contributed by atoms with Crippen LogP contribution >= 0.6 is 0 Å². The minimum absolute atomic E-state index is 0.243. The minimum atomic E-state index is -0.343. The maximum Gasteiger partial charge on any atom is 0.222 e. The van der Waals surface area contributed by atoms with Crippen LogP contribution in [0.5, 0.6) is 0 Å². The first-order valence-electron chi connectivity index (χ1n) is 4.01. The van der Waals surface area contributed by atoms with E-state index in [1.807, 2.05) is 0 Å². The smallest absolute Gasteiger partial charge is 0.222 e. The first kappa shape index (κ1) is 9.66. The lowest BCUT2D eigenvalue weighted by molar-refractivity contribution is -0.121. The highest BCUT2D eigenvalue weighted by molar-refractivity contribution is 5.76. The summed E-state index contributed by atoms with van der Waals surface area (Å²) in [6.07, 6.45) is 1.54. The molecule has 1 aromatic heterocycles. The van der Waals surface area contributed by atoms with E-state index in [4.69, 9.17) is 11.5 Å². The van der Waals surface area contributed by atoms with Crippen LogP contribution in [0.4, 0.5) is 0 Å². The largest absolute Gasteiger partial charge is 0.369 e. The number of nitrogens with zero attached hydrogens (tertiary/aromatic N) is 3. The Hall–Kier alpha value is -1.43. The third-order valence-corrected chi connectivity index (χ3v) is 1.71. The summed E-state index contributed by atoms with van der Waals surface area (Å²) >= 11 is 0. The van der Waals surface area contributed by atoms with E-state index in [0.29, 0.717) is 18.9 Å². The number of amides is 1. The summed E-state index contributed by atoms with van der Waals surface area (Å²) in [5.74, 6) is -0.0196. The van der Waals surface area contributed by atoms with Gasteiger partial charge in [0.2, 0.25) is 5.91 Å². The van der Waals surface area contributed by atoms with Crippen molar-refractivity contribution >= 4 is 5.91 Å². The van der Waals surface area contributed by atoms with Crippen molar-refractivity contribution in [3.05, 3.63) is 12.2 Å². The van der Waals surface area contributed by atoms with Crippen molar-refractivity contribution in [2.75, 3.05) is 0 Å². The highest BCUT2D eigenvalue weighted by Crippen LogP contribution is 1.98. The fourth-order valence-corrected chi connectivity index (χ4v) is 0.885. The van der Waals surface area contributed by atoms with Crippen molar-refractivity contribution in [2.24, 2.45) is 17.4 Å². The molecule has 6 nitrogen and oxygen atoms in total. The second-order valence-electron chi connectivity index (χ2n) is 2.89. The molecule has 0 spiro atoms. The van der Waals surface area contributed by atoms with E-state index in [2.05, 4.69) is 10.1 Å². The molecule has 6 heteroatoms. The number of carbonyl (C=O) groups is 1. The Balaban J connectivity index is 2.58. The van der Waals surface area contributed by atoms with E-state index < -0.39 is 0 Å². The molecular formula is C7H13N5O. The van der Waals surface area contributed by atoms with Gasteiger partial charge in [0.25, 0.3) is 0 Å². The van der Waals surface area contributed by atoms with Gasteiger partial charge in [0.15, 0.2) is 5.82 Å². The van der Waals surface area contributed by atoms with Gasteiger partial charge >= 0.3 is 0 Å². The summed E-state index contributed by atoms with van der Waals surface area (Å²) in [5, 5.41) is 4.02. The monoisotopic (exact) mass is 183 g/mol. The van der Waals surface area contributed by atoms with Crippen LogP contribution in [0.1, 0.15) is 12.7 Å². The van der Waals surface area contributed by atoms with Gasteiger partial charge in [-0.25, -0.2) is 4.98 Å². The summed E-state index contributed by atoms with van der Waals surface area (Å²) in [6, 6.07) is 0. The van der Waals surface area contributed by atoms with E-state index in [0.717, 1.165) is 0 Å². The van der Waals surface area contributed by atoms with Crippen molar-refractivity contribution in [1.29, 1.82) is 0 Å². The number of rotatable bonds is 4. The Kier molecular flexibility index (Phi) is 2.97. The Morgan fingerprint density at radius 3 is 2.92 bits per heavy atom. The first-order chi connectivity index (χ1) is 6.13. The lowest BCUT2D eigenvalue weighted by Crippen LogP contribution is -2.25. The molecule has 1 heterocycles. The van der Waals surface area contributed by atoms with Crippen molar-refractivity contribution < 1.29 is 4.79 Å². The molecule has 0 aliphatic rings. The minimum Gasteiger partial charge on any atom is -0.369 e. The topological polar surface area (TPSA) is 99.8 Å². The number of nitrogens with two attached hydrogens (primary N) is 2. The van der Waals surface area contributed by atoms with Gasteiger partial charge in [0, 0.05) is 0 Å². The Labute approximate surface area is 75.9 Å². The maximum absolute atomic E-state index is 10.7. The molecule has 4 N–H and O–H groups in total. The van der Waals surface area contributed by atoms with Gasteiger partial charge in [0.05, 0.1) is 19.0 Å². The molecule has 1 unspecified atom stereocenters. The number of primary amides is 1. The molecule has 1 amide bonds. The SMILES string of the molecule is CC(Cn1cnc(CN)n1)C(N)=O. The summed E-state index contributed by atoms with van der Waals surface area (Å²) in [7, 11) is 0. The fourth-order valence-electron chi connectivity index (χ4n) is 0.885. The summed E-state index contributed by atoms with van der Waals surface area (Å²) in [4.78, 5) is 14.6. The molecule has 0 saturated heterocycles. The molecule has 0 aliphatic carbocycles. The van der Waals surface area contributed by atoms with Gasteiger partial charge in [-0.05, 0) is 0 Å². The number of aromatic nitrogens is 3. The molecule has 1 atom stereocenters. The second-order valence-corrected chi connectivity index (χ2v) is 2.89. The third-order valence-electron chi connectivity index (χ3n) is 1.71. The Morgan fingerprint density at radius 2 is 2.46 bits per heavy atom. The predicted molar refractivity (Wildman–Crippen MR) is 46.3 cm³/mol. The molecule has 1 aromatic rings. The van der Waals surface area contributed by atoms with Crippen LogP contribution in [-0.2, 0) is 17.9 Å². The van der Waals surface area contributed by atoms with Gasteiger partial charge in [-0.2, -0.15) is 5.10 Å². The summed E-state index contributed by atoms with van der Waals surface area (Å²) < 4.78 is 1.57. The van der Waals surface area contributed by atoms with Crippen molar-refractivity contribution in [3.8, 4) is 0 Å². The first-order valence-corrected chi connectivity index (χ1v) is 4.01. The van der Waals surface area contributed by atoms with Crippen molar-refractivity contribution in [3.63, 3.8) is 0 Å². The number of hydrogen-bond acceptors (Lipinski definition) is 4. The van der Waals surface area contributed by atoms with Crippen LogP contribution in [0.3, 0.4) is 0 Å². The Bertz CT molecular complexity index is 295. The quantitative estimate of drug-likeness (QED) is 0.616. The van der Waals surface area contributed by atoms with Crippen LogP contribution in [0.25, 0.3) is 0 Å². The molecule has 72 valence electrons. The molecule has 0 aliphatic heterocycles. The predicted octanol–water partition coefficient (Wildman–Crippen LogP) is -1.14. The fraction of sp³-hybridized carbons (Fsp3) is 0.571. The molecule has 0 saturated carbocycles. The molecule has 0 bridgehead atoms. The van der Waals surface area contributed by atoms with Crippen LogP contribution in [-0.4, -0.2) is 20.7 Å². The van der Waals surface area contributed by atoms with Crippen LogP contribution in [0, 0.1) is 5.92 Å². The molecule has 0 aromatic carbocycles. The lowest BCUT2D eigenvalue weighted by atomic mass is 10.2. The van der Waals surface area contributed by atoms with Crippen LogP contribution in [0.2, 0.25) is 0 Å². The lowest BCUT2D eigenvalue weighted by Gasteiger charge is -2.05. The van der Waals surface area contributed by atoms with Gasteiger partial charge in [-0.1, -0.05) is 6.92 Å². The zero-order valence-electron chi connectivity index (χ0n) is 7.47. The highest BCUT2D eigenvalue weighted by atomic mass is 16.1. The van der Waals surface area contributed by atoms with E-state index in [1.165, 1.54) is 0 Å². The summed E-state index contributed by atoms with van der Waals surface area (Å²) in [5.41, 5.74) is 10.4. The van der Waals surface area contributed by atoms with Gasteiger partial charge in [-0.3, -0.25) is 9.48 Å². The molecule has 0 fully saturated rings. The van der Waals surface area contributed by atoms with Crippen LogP contribution in [0.15, 0.2) is 6.33 Å². The highest BCUT2D eigenvalue weighted by Gasteiger charge is 2.10. The van der Waals surface area contributed by atoms with Crippen LogP contribution < -0.4 is 11.5 Å². The van der Waals surface area contributed by atoms with Gasteiger partial charge in [0.1, 0.15) is 6.33 Å². The average Bonchev–Trinajstić information content (AvgIpc) is 2.52.